The maximum Gasteiger partial charge on any atom is 0.271 e. The maximum absolute atomic E-state index is 12.2. The monoisotopic (exact) mass is 395 g/mol. The van der Waals surface area contributed by atoms with Crippen molar-refractivity contribution in [2.75, 3.05) is 11.9 Å². The summed E-state index contributed by atoms with van der Waals surface area (Å²) in [6.07, 6.45) is 0. The number of amides is 1. The second-order valence-corrected chi connectivity index (χ2v) is 5.76. The van der Waals surface area contributed by atoms with Crippen molar-refractivity contribution in [1.82, 2.24) is 5.32 Å². The van der Waals surface area contributed by atoms with E-state index in [9.17, 15) is 20.0 Å². The van der Waals surface area contributed by atoms with E-state index in [0.29, 0.717) is 12.4 Å². The number of thiocarbonyl (C=S) groups is 1. The lowest BCUT2D eigenvalue weighted by Gasteiger charge is -2.11. The van der Waals surface area contributed by atoms with Gasteiger partial charge in [0.05, 0.1) is 22.2 Å². The molecule has 0 atom stereocenters. The second-order valence-electron chi connectivity index (χ2n) is 4.95. The van der Waals surface area contributed by atoms with Crippen molar-refractivity contribution in [3.63, 3.8) is 0 Å². The smallest absolute Gasteiger partial charge is 0.271 e. The lowest BCUT2D eigenvalue weighted by atomic mass is 10.2. The molecule has 136 valence electrons. The van der Waals surface area contributed by atoms with E-state index in [-0.39, 0.29) is 32.8 Å². The Balaban J connectivity index is 2.08. The maximum atomic E-state index is 12.2. The van der Waals surface area contributed by atoms with Crippen LogP contribution in [0.4, 0.5) is 11.4 Å². The third-order valence-electron chi connectivity index (χ3n) is 3.16. The van der Waals surface area contributed by atoms with E-state index in [4.69, 9.17) is 28.6 Å². The first-order chi connectivity index (χ1) is 12.3. The third-order valence-corrected chi connectivity index (χ3v) is 3.66. The molecule has 2 rings (SSSR count). The molecule has 0 aliphatic heterocycles. The van der Waals surface area contributed by atoms with E-state index in [1.165, 1.54) is 12.1 Å². The number of phenols is 1. The van der Waals surface area contributed by atoms with Gasteiger partial charge in [-0.05, 0) is 43.4 Å². The number of phenolic OH excluding ortho intramolecular Hbond substituents is 1. The zero-order valence-electron chi connectivity index (χ0n) is 13.5. The molecule has 2 aromatic carbocycles. The summed E-state index contributed by atoms with van der Waals surface area (Å²) >= 11 is 11.0. The van der Waals surface area contributed by atoms with Crippen molar-refractivity contribution in [2.24, 2.45) is 0 Å². The van der Waals surface area contributed by atoms with E-state index in [2.05, 4.69) is 10.6 Å². The van der Waals surface area contributed by atoms with Gasteiger partial charge in [0.25, 0.3) is 11.6 Å². The number of anilines is 1. The molecule has 0 aliphatic rings. The van der Waals surface area contributed by atoms with Gasteiger partial charge >= 0.3 is 0 Å². The minimum absolute atomic E-state index is 0.00535. The van der Waals surface area contributed by atoms with Crippen LogP contribution >= 0.6 is 23.8 Å². The highest BCUT2D eigenvalue weighted by atomic mass is 35.5. The van der Waals surface area contributed by atoms with E-state index in [0.717, 1.165) is 18.2 Å². The number of rotatable bonds is 5. The summed E-state index contributed by atoms with van der Waals surface area (Å²) < 4.78 is 5.29. The Bertz CT molecular complexity index is 875. The Labute approximate surface area is 158 Å². The molecular weight excluding hydrogens is 382 g/mol. The molecule has 0 unspecified atom stereocenters. The predicted octanol–water partition coefficient (Wildman–Crippen LogP) is 3.48. The quantitative estimate of drug-likeness (QED) is 0.307. The molecule has 0 radical (unpaired) electrons. The number of carbonyl (C=O) groups excluding carboxylic acids is 1. The number of non-ortho nitro benzene ring substituents is 1. The molecule has 0 saturated heterocycles. The second kappa shape index (κ2) is 8.45. The number of nitro benzene ring substituents is 1. The highest BCUT2D eigenvalue weighted by Gasteiger charge is 2.14. The van der Waals surface area contributed by atoms with E-state index < -0.39 is 10.8 Å². The molecule has 0 bridgehead atoms. The van der Waals surface area contributed by atoms with Crippen LogP contribution in [-0.2, 0) is 0 Å². The molecule has 10 heteroatoms. The van der Waals surface area contributed by atoms with Crippen molar-refractivity contribution >= 4 is 46.2 Å². The number of halogens is 1. The Morgan fingerprint density at radius 1 is 1.35 bits per heavy atom. The number of carbonyl (C=O) groups is 1. The van der Waals surface area contributed by atoms with Crippen LogP contribution in [0.15, 0.2) is 36.4 Å². The largest absolute Gasteiger partial charge is 0.506 e. The van der Waals surface area contributed by atoms with Crippen LogP contribution in [0.25, 0.3) is 0 Å². The van der Waals surface area contributed by atoms with E-state index in [1.54, 1.807) is 6.07 Å². The first-order valence-corrected chi connectivity index (χ1v) is 8.12. The highest BCUT2D eigenvalue weighted by molar-refractivity contribution is 7.80. The number of nitrogens with one attached hydrogen (secondary N) is 2. The van der Waals surface area contributed by atoms with Crippen molar-refractivity contribution in [3.05, 3.63) is 57.1 Å². The van der Waals surface area contributed by atoms with Gasteiger partial charge in [-0.3, -0.25) is 20.2 Å². The number of ether oxygens (including phenoxy) is 1. The van der Waals surface area contributed by atoms with Gasteiger partial charge < -0.3 is 15.2 Å². The molecule has 0 aromatic heterocycles. The van der Waals surface area contributed by atoms with Crippen molar-refractivity contribution in [1.29, 1.82) is 0 Å². The van der Waals surface area contributed by atoms with Gasteiger partial charge in [0.1, 0.15) is 11.5 Å². The lowest BCUT2D eigenvalue weighted by Crippen LogP contribution is -2.34. The van der Waals surface area contributed by atoms with Gasteiger partial charge in [-0.2, -0.15) is 0 Å². The van der Waals surface area contributed by atoms with Gasteiger partial charge in [-0.15, -0.1) is 0 Å². The molecule has 0 saturated carbocycles. The summed E-state index contributed by atoms with van der Waals surface area (Å²) in [5, 5.41) is 25.6. The Hall–Kier alpha value is -2.91. The normalized spacial score (nSPS) is 10.1. The molecule has 0 fully saturated rings. The molecular formula is C16H14ClN3O5S. The van der Waals surface area contributed by atoms with Crippen LogP contribution in [-0.4, -0.2) is 27.7 Å². The average Bonchev–Trinajstić information content (AvgIpc) is 2.58. The number of hydrogen-bond donors (Lipinski definition) is 3. The standard InChI is InChI=1S/C16H14ClN3O5S/c1-2-25-14-6-3-9(7-11(14)17)15(22)19-16(26)18-12-8-10(20(23)24)4-5-13(12)21/h3-8,21H,2H2,1H3,(H2,18,19,22,26). The lowest BCUT2D eigenvalue weighted by molar-refractivity contribution is -0.384. The number of aromatic hydroxyl groups is 1. The van der Waals surface area contributed by atoms with E-state index in [1.807, 2.05) is 6.92 Å². The van der Waals surface area contributed by atoms with Crippen LogP contribution < -0.4 is 15.4 Å². The first kappa shape index (κ1) is 19.4. The third kappa shape index (κ3) is 4.80. The molecule has 26 heavy (non-hydrogen) atoms. The van der Waals surface area contributed by atoms with Gasteiger partial charge in [0.15, 0.2) is 5.11 Å². The van der Waals surface area contributed by atoms with Gasteiger partial charge in [0, 0.05) is 17.7 Å². The number of benzene rings is 2. The van der Waals surface area contributed by atoms with Gasteiger partial charge in [0.2, 0.25) is 0 Å². The van der Waals surface area contributed by atoms with Crippen LogP contribution in [0.1, 0.15) is 17.3 Å². The number of nitro groups is 1. The minimum Gasteiger partial charge on any atom is -0.506 e. The van der Waals surface area contributed by atoms with Gasteiger partial charge in [-0.25, -0.2) is 0 Å². The topological polar surface area (TPSA) is 114 Å². The molecule has 3 N–H and O–H groups in total. The van der Waals surface area contributed by atoms with E-state index >= 15 is 0 Å². The van der Waals surface area contributed by atoms with Crippen molar-refractivity contribution < 1.29 is 19.6 Å². The Morgan fingerprint density at radius 2 is 2.08 bits per heavy atom. The molecule has 1 amide bonds. The summed E-state index contributed by atoms with van der Waals surface area (Å²) in [4.78, 5) is 22.4. The Morgan fingerprint density at radius 3 is 2.69 bits per heavy atom. The Kier molecular flexibility index (Phi) is 6.31. The summed E-state index contributed by atoms with van der Waals surface area (Å²) in [5.74, 6) is -0.346. The summed E-state index contributed by atoms with van der Waals surface area (Å²) in [6.45, 7) is 2.25. The number of hydrogen-bond acceptors (Lipinski definition) is 6. The fraction of sp³-hybridized carbons (Fsp3) is 0.125. The zero-order valence-corrected chi connectivity index (χ0v) is 15.1. The minimum atomic E-state index is -0.617. The SMILES string of the molecule is CCOc1ccc(C(=O)NC(=S)Nc2cc([N+](=O)[O-])ccc2O)cc1Cl. The van der Waals surface area contributed by atoms with Crippen molar-refractivity contribution in [2.45, 2.75) is 6.92 Å². The fourth-order valence-corrected chi connectivity index (χ4v) is 2.42. The van der Waals surface area contributed by atoms with Crippen LogP contribution in [0.3, 0.4) is 0 Å². The zero-order chi connectivity index (χ0) is 19.3. The first-order valence-electron chi connectivity index (χ1n) is 7.34. The fourth-order valence-electron chi connectivity index (χ4n) is 1.98. The average molecular weight is 396 g/mol. The molecule has 0 heterocycles. The molecule has 2 aromatic rings. The summed E-state index contributed by atoms with van der Waals surface area (Å²) in [5.41, 5.74) is -0.00202. The van der Waals surface area contributed by atoms with Crippen LogP contribution in [0.2, 0.25) is 5.02 Å². The molecule has 0 spiro atoms. The van der Waals surface area contributed by atoms with Crippen molar-refractivity contribution in [3.8, 4) is 11.5 Å². The van der Waals surface area contributed by atoms with Crippen LogP contribution in [0.5, 0.6) is 11.5 Å². The molecule has 0 aliphatic carbocycles. The summed E-state index contributed by atoms with van der Waals surface area (Å²) in [7, 11) is 0. The number of nitrogens with zero attached hydrogens (tertiary/aromatic N) is 1. The summed E-state index contributed by atoms with van der Waals surface area (Å²) in [6, 6.07) is 7.89. The highest BCUT2D eigenvalue weighted by Crippen LogP contribution is 2.28. The van der Waals surface area contributed by atoms with Crippen LogP contribution in [0, 0.1) is 10.1 Å². The predicted molar refractivity (Wildman–Crippen MR) is 101 cm³/mol. The molecule has 8 nitrogen and oxygen atoms in total. The van der Waals surface area contributed by atoms with Gasteiger partial charge in [-0.1, -0.05) is 11.6 Å².